The van der Waals surface area contributed by atoms with Crippen molar-refractivity contribution in [2.75, 3.05) is 19.7 Å². The van der Waals surface area contributed by atoms with Crippen LogP contribution < -0.4 is 10.6 Å². The molecule has 0 aliphatic carbocycles. The first-order chi connectivity index (χ1) is 6.38. The highest BCUT2D eigenvalue weighted by Gasteiger charge is 2.21. The Morgan fingerprint density at radius 2 is 2.38 bits per heavy atom. The molecule has 1 fully saturated rings. The fourth-order valence-corrected chi connectivity index (χ4v) is 2.07. The molecule has 0 spiro atoms. The standard InChI is InChI=1S/C10H22N2O/c1-2-11-10(6-8-13)9-5-3-4-7-12-9/h9-13H,2-8H2,1H3/t9-,10+/m1/s1. The number of nitrogens with one attached hydrogen (secondary N) is 2. The van der Waals surface area contributed by atoms with Crippen LogP contribution in [0.4, 0.5) is 0 Å². The van der Waals surface area contributed by atoms with Gasteiger partial charge in [0.25, 0.3) is 0 Å². The molecule has 1 aliphatic rings. The molecule has 0 amide bonds. The van der Waals surface area contributed by atoms with Crippen molar-refractivity contribution in [3.8, 4) is 0 Å². The predicted octanol–water partition coefficient (Wildman–Crippen LogP) is 0.489. The van der Waals surface area contributed by atoms with E-state index in [1.807, 2.05) is 0 Å². The lowest BCUT2D eigenvalue weighted by Gasteiger charge is -2.31. The Balaban J connectivity index is 2.32. The van der Waals surface area contributed by atoms with Crippen LogP contribution in [0, 0.1) is 0 Å². The molecule has 1 saturated heterocycles. The molecule has 0 aromatic carbocycles. The molecule has 1 heterocycles. The molecule has 0 bridgehead atoms. The molecular formula is C10H22N2O. The van der Waals surface area contributed by atoms with Crippen LogP contribution in [0.25, 0.3) is 0 Å². The van der Waals surface area contributed by atoms with Crippen LogP contribution in [0.5, 0.6) is 0 Å². The van der Waals surface area contributed by atoms with E-state index in [9.17, 15) is 0 Å². The molecule has 3 N–H and O–H groups in total. The van der Waals surface area contributed by atoms with Crippen molar-refractivity contribution < 1.29 is 5.11 Å². The van der Waals surface area contributed by atoms with Crippen LogP contribution in [0.2, 0.25) is 0 Å². The molecule has 78 valence electrons. The Bertz CT molecular complexity index is 118. The zero-order valence-corrected chi connectivity index (χ0v) is 8.55. The highest BCUT2D eigenvalue weighted by atomic mass is 16.3. The number of piperidine rings is 1. The molecule has 0 aromatic rings. The summed E-state index contributed by atoms with van der Waals surface area (Å²) in [5.74, 6) is 0. The van der Waals surface area contributed by atoms with E-state index in [2.05, 4.69) is 17.6 Å². The smallest absolute Gasteiger partial charge is 0.0446 e. The zero-order valence-electron chi connectivity index (χ0n) is 8.55. The molecule has 3 nitrogen and oxygen atoms in total. The maximum absolute atomic E-state index is 8.93. The van der Waals surface area contributed by atoms with Gasteiger partial charge in [0, 0.05) is 18.7 Å². The third-order valence-corrected chi connectivity index (χ3v) is 2.74. The van der Waals surface area contributed by atoms with Gasteiger partial charge in [-0.1, -0.05) is 13.3 Å². The molecule has 1 rings (SSSR count). The Morgan fingerprint density at radius 3 is 2.92 bits per heavy atom. The highest BCUT2D eigenvalue weighted by molar-refractivity contribution is 4.84. The van der Waals surface area contributed by atoms with Crippen LogP contribution in [-0.4, -0.2) is 36.9 Å². The van der Waals surface area contributed by atoms with Crippen LogP contribution in [0.15, 0.2) is 0 Å². The highest BCUT2D eigenvalue weighted by Crippen LogP contribution is 2.12. The lowest BCUT2D eigenvalue weighted by Crippen LogP contribution is -2.50. The van der Waals surface area contributed by atoms with E-state index in [1.54, 1.807) is 0 Å². The Kier molecular flexibility index (Phi) is 5.35. The van der Waals surface area contributed by atoms with Crippen LogP contribution in [-0.2, 0) is 0 Å². The summed E-state index contributed by atoms with van der Waals surface area (Å²) in [7, 11) is 0. The summed E-state index contributed by atoms with van der Waals surface area (Å²) >= 11 is 0. The zero-order chi connectivity index (χ0) is 9.52. The van der Waals surface area contributed by atoms with Crippen LogP contribution >= 0.6 is 0 Å². The molecule has 0 unspecified atom stereocenters. The van der Waals surface area contributed by atoms with Gasteiger partial charge in [-0.25, -0.2) is 0 Å². The van der Waals surface area contributed by atoms with E-state index in [-0.39, 0.29) is 6.61 Å². The molecule has 0 radical (unpaired) electrons. The number of hydrogen-bond donors (Lipinski definition) is 3. The topological polar surface area (TPSA) is 44.3 Å². The van der Waals surface area contributed by atoms with E-state index < -0.39 is 0 Å². The molecule has 0 aromatic heterocycles. The summed E-state index contributed by atoms with van der Waals surface area (Å²) in [6.45, 7) is 4.53. The summed E-state index contributed by atoms with van der Waals surface area (Å²) in [6.07, 6.45) is 4.74. The van der Waals surface area contributed by atoms with Gasteiger partial charge in [0.15, 0.2) is 0 Å². The average molecular weight is 186 g/mol. The fourth-order valence-electron chi connectivity index (χ4n) is 2.07. The van der Waals surface area contributed by atoms with Gasteiger partial charge in [0.05, 0.1) is 0 Å². The van der Waals surface area contributed by atoms with Crippen molar-refractivity contribution in [2.45, 2.75) is 44.7 Å². The number of rotatable bonds is 5. The Labute approximate surface area is 80.9 Å². The monoisotopic (exact) mass is 186 g/mol. The van der Waals surface area contributed by atoms with Gasteiger partial charge in [-0.2, -0.15) is 0 Å². The number of aliphatic hydroxyl groups is 1. The first-order valence-electron chi connectivity index (χ1n) is 5.46. The van der Waals surface area contributed by atoms with Gasteiger partial charge in [0.1, 0.15) is 0 Å². The second-order valence-corrected chi connectivity index (χ2v) is 3.73. The Morgan fingerprint density at radius 1 is 1.54 bits per heavy atom. The van der Waals surface area contributed by atoms with Crippen molar-refractivity contribution >= 4 is 0 Å². The normalized spacial score (nSPS) is 25.8. The summed E-state index contributed by atoms with van der Waals surface area (Å²) in [6, 6.07) is 1.02. The van der Waals surface area contributed by atoms with Crippen molar-refractivity contribution in [3.05, 3.63) is 0 Å². The molecule has 2 atom stereocenters. The molecule has 1 aliphatic heterocycles. The van der Waals surface area contributed by atoms with Gasteiger partial charge in [0.2, 0.25) is 0 Å². The van der Waals surface area contributed by atoms with Crippen molar-refractivity contribution in [2.24, 2.45) is 0 Å². The first-order valence-corrected chi connectivity index (χ1v) is 5.46. The third-order valence-electron chi connectivity index (χ3n) is 2.74. The van der Waals surface area contributed by atoms with E-state index in [0.717, 1.165) is 19.5 Å². The molecule has 3 heteroatoms. The summed E-state index contributed by atoms with van der Waals surface area (Å²) in [4.78, 5) is 0. The lowest BCUT2D eigenvalue weighted by molar-refractivity contribution is 0.230. The minimum Gasteiger partial charge on any atom is -0.396 e. The quantitative estimate of drug-likeness (QED) is 0.585. The lowest BCUT2D eigenvalue weighted by atomic mass is 9.96. The van der Waals surface area contributed by atoms with Crippen molar-refractivity contribution in [1.82, 2.24) is 10.6 Å². The summed E-state index contributed by atoms with van der Waals surface area (Å²) in [5, 5.41) is 15.9. The summed E-state index contributed by atoms with van der Waals surface area (Å²) in [5.41, 5.74) is 0. The second kappa shape index (κ2) is 6.35. The third kappa shape index (κ3) is 3.63. The van der Waals surface area contributed by atoms with E-state index in [4.69, 9.17) is 5.11 Å². The average Bonchev–Trinajstić information content (AvgIpc) is 2.19. The maximum Gasteiger partial charge on any atom is 0.0446 e. The Hall–Kier alpha value is -0.120. The van der Waals surface area contributed by atoms with Gasteiger partial charge in [-0.15, -0.1) is 0 Å². The number of likely N-dealkylation sites (N-methyl/N-ethyl adjacent to an activating group) is 1. The van der Waals surface area contributed by atoms with Crippen LogP contribution in [0.1, 0.15) is 32.6 Å². The molecule has 0 saturated carbocycles. The maximum atomic E-state index is 8.93. The van der Waals surface area contributed by atoms with Gasteiger partial charge >= 0.3 is 0 Å². The predicted molar refractivity (Wildman–Crippen MR) is 54.8 cm³/mol. The molecular weight excluding hydrogens is 164 g/mol. The first kappa shape index (κ1) is 11.0. The van der Waals surface area contributed by atoms with E-state index in [0.29, 0.717) is 12.1 Å². The molecule has 13 heavy (non-hydrogen) atoms. The number of hydrogen-bond acceptors (Lipinski definition) is 3. The van der Waals surface area contributed by atoms with E-state index >= 15 is 0 Å². The van der Waals surface area contributed by atoms with Crippen molar-refractivity contribution in [3.63, 3.8) is 0 Å². The fraction of sp³-hybridized carbons (Fsp3) is 1.00. The largest absolute Gasteiger partial charge is 0.396 e. The number of aliphatic hydroxyl groups excluding tert-OH is 1. The van der Waals surface area contributed by atoms with Crippen molar-refractivity contribution in [1.29, 1.82) is 0 Å². The van der Waals surface area contributed by atoms with Gasteiger partial charge in [-0.3, -0.25) is 0 Å². The van der Waals surface area contributed by atoms with Crippen LogP contribution in [0.3, 0.4) is 0 Å². The summed E-state index contributed by atoms with van der Waals surface area (Å²) < 4.78 is 0. The van der Waals surface area contributed by atoms with E-state index in [1.165, 1.54) is 19.3 Å². The van der Waals surface area contributed by atoms with Gasteiger partial charge in [-0.05, 0) is 32.4 Å². The van der Waals surface area contributed by atoms with Gasteiger partial charge < -0.3 is 15.7 Å². The second-order valence-electron chi connectivity index (χ2n) is 3.73. The SMILES string of the molecule is CCN[C@@H](CCO)[C@H]1CCCCN1. The minimum atomic E-state index is 0.288. The minimum absolute atomic E-state index is 0.288.